The Kier molecular flexibility index (Phi) is 6.52. The largest absolute Gasteiger partial charge is 0.343 e. The third kappa shape index (κ3) is 4.71. The first-order valence-corrected chi connectivity index (χ1v) is 10.0. The molecule has 3 fully saturated rings. The van der Waals surface area contributed by atoms with Crippen LogP contribution in [0.5, 0.6) is 0 Å². The van der Waals surface area contributed by atoms with Gasteiger partial charge < -0.3 is 9.80 Å². The molecule has 0 N–H and O–H groups in total. The van der Waals surface area contributed by atoms with Crippen LogP contribution in [0.1, 0.15) is 57.8 Å². The number of nitrogens with zero attached hydrogens (tertiary/aromatic N) is 3. The van der Waals surface area contributed by atoms with Crippen molar-refractivity contribution in [2.45, 2.75) is 57.8 Å². The van der Waals surface area contributed by atoms with Crippen molar-refractivity contribution in [3.05, 3.63) is 0 Å². The molecule has 0 radical (unpaired) electrons. The van der Waals surface area contributed by atoms with Crippen LogP contribution >= 0.6 is 0 Å². The van der Waals surface area contributed by atoms with Gasteiger partial charge in [0.2, 0.25) is 11.8 Å². The maximum Gasteiger partial charge on any atom is 0.225 e. The summed E-state index contributed by atoms with van der Waals surface area (Å²) in [5, 5.41) is 0. The van der Waals surface area contributed by atoms with Gasteiger partial charge in [0.05, 0.1) is 0 Å². The molecule has 136 valence electrons. The van der Waals surface area contributed by atoms with E-state index in [1.807, 2.05) is 4.90 Å². The van der Waals surface area contributed by atoms with E-state index in [9.17, 15) is 9.59 Å². The van der Waals surface area contributed by atoms with Crippen molar-refractivity contribution >= 4 is 11.8 Å². The van der Waals surface area contributed by atoms with Crippen LogP contribution in [-0.2, 0) is 9.59 Å². The number of carbonyl (C=O) groups excluding carboxylic acids is 2. The second-order valence-corrected chi connectivity index (χ2v) is 7.69. The third-order valence-electron chi connectivity index (χ3n) is 5.99. The summed E-state index contributed by atoms with van der Waals surface area (Å²) in [6.45, 7) is 6.27. The summed E-state index contributed by atoms with van der Waals surface area (Å²) in [6, 6.07) is 0. The molecule has 0 aromatic carbocycles. The summed E-state index contributed by atoms with van der Waals surface area (Å²) in [5.41, 5.74) is 0. The first-order chi connectivity index (χ1) is 11.7. The highest BCUT2D eigenvalue weighted by molar-refractivity contribution is 5.79. The van der Waals surface area contributed by atoms with E-state index in [1.165, 1.54) is 25.7 Å². The molecule has 1 aliphatic carbocycles. The summed E-state index contributed by atoms with van der Waals surface area (Å²) < 4.78 is 0. The van der Waals surface area contributed by atoms with Gasteiger partial charge in [-0.25, -0.2) is 0 Å². The zero-order chi connectivity index (χ0) is 16.8. The van der Waals surface area contributed by atoms with Gasteiger partial charge in [0.1, 0.15) is 0 Å². The number of amides is 2. The molecule has 2 amide bonds. The molecule has 24 heavy (non-hydrogen) atoms. The number of piperidine rings is 1. The van der Waals surface area contributed by atoms with E-state index in [0.717, 1.165) is 71.5 Å². The molecule has 3 rings (SSSR count). The van der Waals surface area contributed by atoms with Crippen LogP contribution in [0, 0.1) is 5.92 Å². The van der Waals surface area contributed by atoms with Crippen molar-refractivity contribution in [3.8, 4) is 0 Å². The fourth-order valence-corrected chi connectivity index (χ4v) is 4.35. The molecule has 5 nitrogen and oxygen atoms in total. The molecule has 0 spiro atoms. The second-order valence-electron chi connectivity index (χ2n) is 7.69. The lowest BCUT2D eigenvalue weighted by Crippen LogP contribution is -2.51. The Morgan fingerprint density at radius 3 is 2.00 bits per heavy atom. The van der Waals surface area contributed by atoms with Crippen LogP contribution in [0.2, 0.25) is 0 Å². The molecule has 0 unspecified atom stereocenters. The van der Waals surface area contributed by atoms with E-state index in [-0.39, 0.29) is 5.92 Å². The predicted molar refractivity (Wildman–Crippen MR) is 94.6 cm³/mol. The maximum atomic E-state index is 12.6. The van der Waals surface area contributed by atoms with E-state index in [2.05, 4.69) is 9.80 Å². The minimum atomic E-state index is 0.283. The first-order valence-electron chi connectivity index (χ1n) is 10.0. The maximum absolute atomic E-state index is 12.6. The van der Waals surface area contributed by atoms with E-state index < -0.39 is 0 Å². The molecule has 0 bridgehead atoms. The van der Waals surface area contributed by atoms with E-state index in [1.54, 1.807) is 0 Å². The van der Waals surface area contributed by atoms with E-state index in [4.69, 9.17) is 0 Å². The van der Waals surface area contributed by atoms with Gasteiger partial charge in [-0.1, -0.05) is 19.3 Å². The Balaban J connectivity index is 1.35. The molecule has 0 aromatic rings. The van der Waals surface area contributed by atoms with Gasteiger partial charge in [-0.05, 0) is 32.1 Å². The van der Waals surface area contributed by atoms with Gasteiger partial charge in [0, 0.05) is 58.2 Å². The van der Waals surface area contributed by atoms with Crippen LogP contribution in [-0.4, -0.2) is 72.3 Å². The van der Waals surface area contributed by atoms with Crippen molar-refractivity contribution in [3.63, 3.8) is 0 Å². The smallest absolute Gasteiger partial charge is 0.225 e. The summed E-state index contributed by atoms with van der Waals surface area (Å²) in [6.07, 6.45) is 10.1. The molecule has 2 saturated heterocycles. The Bertz CT molecular complexity index is 420. The highest BCUT2D eigenvalue weighted by atomic mass is 16.2. The Hall–Kier alpha value is -1.10. The van der Waals surface area contributed by atoms with E-state index >= 15 is 0 Å². The number of piperazine rings is 1. The fraction of sp³-hybridized carbons (Fsp3) is 0.895. The van der Waals surface area contributed by atoms with Gasteiger partial charge in [0.25, 0.3) is 0 Å². The predicted octanol–water partition coefficient (Wildman–Crippen LogP) is 2.11. The highest BCUT2D eigenvalue weighted by Gasteiger charge is 2.28. The van der Waals surface area contributed by atoms with Gasteiger partial charge >= 0.3 is 0 Å². The minimum Gasteiger partial charge on any atom is -0.343 e. The monoisotopic (exact) mass is 335 g/mol. The summed E-state index contributed by atoms with van der Waals surface area (Å²) in [7, 11) is 0. The molecule has 2 heterocycles. The normalized spacial score (nSPS) is 24.2. The molecule has 0 aromatic heterocycles. The number of hydrogen-bond donors (Lipinski definition) is 0. The summed E-state index contributed by atoms with van der Waals surface area (Å²) in [5.74, 6) is 0.986. The molecular weight excluding hydrogens is 302 g/mol. The third-order valence-corrected chi connectivity index (χ3v) is 5.99. The minimum absolute atomic E-state index is 0.283. The van der Waals surface area contributed by atoms with E-state index in [0.29, 0.717) is 18.2 Å². The number of hydrogen-bond acceptors (Lipinski definition) is 3. The van der Waals surface area contributed by atoms with Crippen molar-refractivity contribution < 1.29 is 9.59 Å². The van der Waals surface area contributed by atoms with Crippen LogP contribution in [0.3, 0.4) is 0 Å². The van der Waals surface area contributed by atoms with Crippen LogP contribution in [0.15, 0.2) is 0 Å². The lowest BCUT2D eigenvalue weighted by atomic mass is 9.88. The van der Waals surface area contributed by atoms with Gasteiger partial charge in [-0.3, -0.25) is 14.5 Å². The van der Waals surface area contributed by atoms with Crippen molar-refractivity contribution in [1.82, 2.24) is 14.7 Å². The van der Waals surface area contributed by atoms with Gasteiger partial charge in [0.15, 0.2) is 0 Å². The average Bonchev–Trinajstić information content (AvgIpc) is 2.67. The van der Waals surface area contributed by atoms with Gasteiger partial charge in [-0.2, -0.15) is 0 Å². The fourth-order valence-electron chi connectivity index (χ4n) is 4.35. The molecule has 2 aliphatic heterocycles. The number of likely N-dealkylation sites (tertiary alicyclic amines) is 1. The zero-order valence-corrected chi connectivity index (χ0v) is 15.0. The Labute approximate surface area is 146 Å². The molecule has 5 heteroatoms. The lowest BCUT2D eigenvalue weighted by molar-refractivity contribution is -0.139. The van der Waals surface area contributed by atoms with Crippen LogP contribution in [0.4, 0.5) is 0 Å². The molecule has 0 atom stereocenters. The standard InChI is InChI=1S/C19H33N3O2/c23-18(21-10-5-2-6-11-21)9-12-20-13-15-22(16-14-20)19(24)17-7-3-1-4-8-17/h17H,1-16H2. The number of rotatable bonds is 4. The molecule has 1 saturated carbocycles. The quantitative estimate of drug-likeness (QED) is 0.790. The lowest BCUT2D eigenvalue weighted by Gasteiger charge is -2.37. The van der Waals surface area contributed by atoms with Crippen molar-refractivity contribution in [2.24, 2.45) is 5.92 Å². The first kappa shape index (κ1) is 17.7. The summed E-state index contributed by atoms with van der Waals surface area (Å²) >= 11 is 0. The topological polar surface area (TPSA) is 43.9 Å². The summed E-state index contributed by atoms with van der Waals surface area (Å²) in [4.78, 5) is 31.3. The van der Waals surface area contributed by atoms with Crippen molar-refractivity contribution in [1.29, 1.82) is 0 Å². The van der Waals surface area contributed by atoms with Crippen LogP contribution < -0.4 is 0 Å². The number of carbonyl (C=O) groups is 2. The molecule has 3 aliphatic rings. The molecular formula is C19H33N3O2. The average molecular weight is 335 g/mol. The second kappa shape index (κ2) is 8.84. The highest BCUT2D eigenvalue weighted by Crippen LogP contribution is 2.25. The SMILES string of the molecule is O=C(CCN1CCN(C(=O)C2CCCCC2)CC1)N1CCCCC1. The van der Waals surface area contributed by atoms with Crippen molar-refractivity contribution in [2.75, 3.05) is 45.8 Å². The Morgan fingerprint density at radius 2 is 1.33 bits per heavy atom. The van der Waals surface area contributed by atoms with Crippen LogP contribution in [0.25, 0.3) is 0 Å². The Morgan fingerprint density at radius 1 is 0.708 bits per heavy atom. The zero-order valence-electron chi connectivity index (χ0n) is 15.0. The van der Waals surface area contributed by atoms with Gasteiger partial charge in [-0.15, -0.1) is 0 Å².